The minimum atomic E-state index is -5.08. The molecule has 3 rings (SSSR count). The van der Waals surface area contributed by atoms with Crippen molar-refractivity contribution in [1.29, 1.82) is 5.26 Å². The minimum absolute atomic E-state index is 0.0639. The number of likely N-dealkylation sites (tertiary alicyclic amines) is 1. The number of nitriles is 1. The number of nitrogens with zero attached hydrogens (tertiary/aromatic N) is 6. The van der Waals surface area contributed by atoms with Crippen molar-refractivity contribution in [3.8, 4) is 6.07 Å². The maximum atomic E-state index is 12.8. The average molecular weight is 541 g/mol. The molecule has 0 saturated carbocycles. The highest BCUT2D eigenvalue weighted by atomic mass is 19.4. The molecule has 2 aliphatic heterocycles. The number of carbonyl (C=O) groups excluding carboxylic acids is 2. The molecule has 206 valence electrons. The molecule has 11 nitrogen and oxygen atoms in total. The zero-order chi connectivity index (χ0) is 28.3. The highest BCUT2D eigenvalue weighted by Gasteiger charge is 2.42. The normalized spacial score (nSPS) is 18.9. The van der Waals surface area contributed by atoms with Crippen LogP contribution in [0.5, 0.6) is 0 Å². The molecule has 0 aromatic carbocycles. The Morgan fingerprint density at radius 2 is 1.76 bits per heavy atom. The quantitative estimate of drug-likeness (QED) is 0.543. The first-order chi connectivity index (χ1) is 16.9. The number of alkyl halides is 6. The van der Waals surface area contributed by atoms with E-state index in [2.05, 4.69) is 16.2 Å². The summed E-state index contributed by atoms with van der Waals surface area (Å²) in [5.74, 6) is -4.62. The molecule has 1 aromatic rings. The molecule has 3 heterocycles. The number of fused-ring (bicyclic) bond motifs is 1. The average Bonchev–Trinajstić information content (AvgIpc) is 3.43. The molecule has 17 heteroatoms. The van der Waals surface area contributed by atoms with E-state index < -0.39 is 41.6 Å². The number of carbonyl (C=O) groups is 3. The van der Waals surface area contributed by atoms with Gasteiger partial charge in [0.15, 0.2) is 0 Å². The number of amides is 2. The molecule has 37 heavy (non-hydrogen) atoms. The molecule has 1 saturated heterocycles. The predicted molar refractivity (Wildman–Crippen MR) is 111 cm³/mol. The summed E-state index contributed by atoms with van der Waals surface area (Å²) < 4.78 is 71.3. The van der Waals surface area contributed by atoms with Crippen molar-refractivity contribution in [2.45, 2.75) is 70.6 Å². The Balaban J connectivity index is 0.000000604. The van der Waals surface area contributed by atoms with Gasteiger partial charge in [-0.2, -0.15) is 31.6 Å². The third kappa shape index (κ3) is 7.31. The highest BCUT2D eigenvalue weighted by molar-refractivity contribution is 5.85. The Morgan fingerprint density at radius 3 is 2.27 bits per heavy atom. The lowest BCUT2D eigenvalue weighted by Gasteiger charge is -2.36. The van der Waals surface area contributed by atoms with Gasteiger partial charge in [0.25, 0.3) is 5.82 Å². The van der Waals surface area contributed by atoms with Crippen LogP contribution in [0.2, 0.25) is 0 Å². The van der Waals surface area contributed by atoms with Gasteiger partial charge in [0.05, 0.1) is 25.2 Å². The molecule has 2 aliphatic rings. The van der Waals surface area contributed by atoms with Gasteiger partial charge < -0.3 is 20.6 Å². The van der Waals surface area contributed by atoms with Gasteiger partial charge in [0, 0.05) is 19.5 Å². The number of aromatic nitrogens is 3. The van der Waals surface area contributed by atoms with Crippen LogP contribution in [0.25, 0.3) is 0 Å². The number of rotatable bonds is 4. The zero-order valence-corrected chi connectivity index (χ0v) is 19.8. The van der Waals surface area contributed by atoms with Crippen LogP contribution >= 0.6 is 0 Å². The summed E-state index contributed by atoms with van der Waals surface area (Å²) in [6, 6.07) is 0.601. The topological polar surface area (TPSA) is 158 Å². The fourth-order valence-electron chi connectivity index (χ4n) is 3.76. The summed E-state index contributed by atoms with van der Waals surface area (Å²) >= 11 is 0. The Bertz CT molecular complexity index is 1060. The first-order valence-corrected chi connectivity index (χ1v) is 10.9. The van der Waals surface area contributed by atoms with Crippen molar-refractivity contribution in [2.24, 2.45) is 11.1 Å². The molecule has 2 atom stereocenters. The van der Waals surface area contributed by atoms with Crippen LogP contribution in [0.4, 0.5) is 26.3 Å². The molecule has 3 N–H and O–H groups in total. The molecule has 1 aromatic heterocycles. The summed E-state index contributed by atoms with van der Waals surface area (Å²) in [5.41, 5.74) is 5.27. The summed E-state index contributed by atoms with van der Waals surface area (Å²) in [5, 5.41) is 19.8. The Hall–Kier alpha value is -3.42. The van der Waals surface area contributed by atoms with E-state index in [9.17, 15) is 41.2 Å². The van der Waals surface area contributed by atoms with Crippen molar-refractivity contribution < 1.29 is 45.8 Å². The van der Waals surface area contributed by atoms with E-state index >= 15 is 0 Å². The molecule has 0 unspecified atom stereocenters. The monoisotopic (exact) mass is 541 g/mol. The van der Waals surface area contributed by atoms with Gasteiger partial charge in [-0.05, 0) is 18.3 Å². The zero-order valence-electron chi connectivity index (χ0n) is 19.8. The lowest BCUT2D eigenvalue weighted by Crippen LogP contribution is -2.54. The Labute approximate surface area is 206 Å². The molecule has 0 radical (unpaired) electrons. The van der Waals surface area contributed by atoms with Crippen LogP contribution in [0.15, 0.2) is 0 Å². The van der Waals surface area contributed by atoms with Crippen molar-refractivity contribution in [3.63, 3.8) is 0 Å². The highest BCUT2D eigenvalue weighted by Crippen LogP contribution is 2.30. The van der Waals surface area contributed by atoms with Crippen molar-refractivity contribution in [3.05, 3.63) is 11.6 Å². The smallest absolute Gasteiger partial charge is 0.475 e. The second-order valence-electron chi connectivity index (χ2n) is 9.15. The third-order valence-electron chi connectivity index (χ3n) is 5.91. The first kappa shape index (κ1) is 29.8. The maximum absolute atomic E-state index is 12.8. The Kier molecular flexibility index (Phi) is 8.79. The van der Waals surface area contributed by atoms with E-state index in [0.29, 0.717) is 13.0 Å². The standard InChI is InChI=1S/C18H24F3N7O2.C2HF3O2/c1-17(2,14(23)15(30)27-5-3-4-11(27)9-22)8-13(29)26-6-7-28-12(10-26)24-16(25-28)18(19,20)21;3-2(4,5)1(6)7/h11,14H,3-8,10,23H2,1-2H3;(H,6,7)/t11-,14+;/m0./s1. The summed E-state index contributed by atoms with van der Waals surface area (Å²) in [7, 11) is 0. The van der Waals surface area contributed by atoms with Gasteiger partial charge >= 0.3 is 18.3 Å². The Morgan fingerprint density at radius 1 is 1.16 bits per heavy atom. The first-order valence-electron chi connectivity index (χ1n) is 10.9. The van der Waals surface area contributed by atoms with Crippen LogP contribution in [0.1, 0.15) is 44.8 Å². The SMILES string of the molecule is CC(C)(CC(=O)N1CCn2nc(C(F)(F)F)nc2C1)[C@H](N)C(=O)N1CCC[C@H]1C#N.O=C(O)C(F)(F)F. The van der Waals surface area contributed by atoms with Crippen LogP contribution < -0.4 is 5.73 Å². The van der Waals surface area contributed by atoms with Crippen molar-refractivity contribution in [2.75, 3.05) is 13.1 Å². The van der Waals surface area contributed by atoms with E-state index in [-0.39, 0.29) is 43.7 Å². The minimum Gasteiger partial charge on any atom is -0.475 e. The molecule has 1 fully saturated rings. The van der Waals surface area contributed by atoms with Gasteiger partial charge in [-0.1, -0.05) is 13.8 Å². The fourth-order valence-corrected chi connectivity index (χ4v) is 3.76. The maximum Gasteiger partial charge on any atom is 0.490 e. The number of halogens is 6. The molecular weight excluding hydrogens is 516 g/mol. The largest absolute Gasteiger partial charge is 0.490 e. The third-order valence-corrected chi connectivity index (χ3v) is 5.91. The van der Waals surface area contributed by atoms with Crippen LogP contribution in [-0.4, -0.2) is 78.8 Å². The van der Waals surface area contributed by atoms with E-state index in [1.165, 1.54) is 9.80 Å². The van der Waals surface area contributed by atoms with Crippen LogP contribution in [0.3, 0.4) is 0 Å². The molecule has 2 amide bonds. The van der Waals surface area contributed by atoms with E-state index in [4.69, 9.17) is 15.6 Å². The van der Waals surface area contributed by atoms with Crippen LogP contribution in [-0.2, 0) is 33.6 Å². The summed E-state index contributed by atoms with van der Waals surface area (Å²) in [4.78, 5) is 40.8. The van der Waals surface area contributed by atoms with E-state index in [1.807, 2.05) is 0 Å². The van der Waals surface area contributed by atoms with Gasteiger partial charge in [0.1, 0.15) is 11.9 Å². The number of aliphatic carboxylic acids is 1. The molecule has 0 spiro atoms. The number of nitrogens with two attached hydrogens (primary N) is 1. The number of carboxylic acids is 1. The second-order valence-corrected chi connectivity index (χ2v) is 9.15. The number of hydrogen-bond donors (Lipinski definition) is 2. The lowest BCUT2D eigenvalue weighted by molar-refractivity contribution is -0.192. The fraction of sp³-hybridized carbons (Fsp3) is 0.700. The van der Waals surface area contributed by atoms with Gasteiger partial charge in [-0.15, -0.1) is 5.10 Å². The van der Waals surface area contributed by atoms with Crippen molar-refractivity contribution in [1.82, 2.24) is 24.6 Å². The predicted octanol–water partition coefficient (Wildman–Crippen LogP) is 1.53. The molecular formula is C20H25F6N7O4. The second kappa shape index (κ2) is 10.9. The summed E-state index contributed by atoms with van der Waals surface area (Å²) in [6.07, 6.45) is -8.47. The van der Waals surface area contributed by atoms with Crippen LogP contribution in [0, 0.1) is 16.7 Å². The van der Waals surface area contributed by atoms with Gasteiger partial charge in [-0.3, -0.25) is 9.59 Å². The molecule has 0 aliphatic carbocycles. The van der Waals surface area contributed by atoms with Gasteiger partial charge in [-0.25, -0.2) is 14.5 Å². The number of carboxylic acid groups (broad SMARTS) is 1. The van der Waals surface area contributed by atoms with E-state index in [1.54, 1.807) is 13.8 Å². The van der Waals surface area contributed by atoms with Gasteiger partial charge in [0.2, 0.25) is 11.8 Å². The number of hydrogen-bond acceptors (Lipinski definition) is 7. The van der Waals surface area contributed by atoms with Crippen molar-refractivity contribution >= 4 is 17.8 Å². The lowest BCUT2D eigenvalue weighted by atomic mass is 9.80. The molecule has 0 bridgehead atoms. The van der Waals surface area contributed by atoms with E-state index in [0.717, 1.165) is 11.1 Å². The summed E-state index contributed by atoms with van der Waals surface area (Å²) in [6.45, 7) is 4.04.